The molecule has 0 radical (unpaired) electrons. The monoisotopic (exact) mass is 251 g/mol. The summed E-state index contributed by atoms with van der Waals surface area (Å²) in [4.78, 5) is 24.9. The Morgan fingerprint density at radius 2 is 2.11 bits per heavy atom. The molecule has 18 heavy (non-hydrogen) atoms. The van der Waals surface area contributed by atoms with Crippen LogP contribution in [-0.4, -0.2) is 34.5 Å². The number of fused-ring (bicyclic) bond motifs is 2. The SMILES string of the molecule is CCC(C)N(CC(=O)O)C(=O)C1CC2C=CC1C2. The molecule has 2 aliphatic carbocycles. The van der Waals surface area contributed by atoms with Gasteiger partial charge in [-0.05, 0) is 38.0 Å². The van der Waals surface area contributed by atoms with Crippen LogP contribution in [0.3, 0.4) is 0 Å². The number of hydrogen-bond acceptors (Lipinski definition) is 2. The van der Waals surface area contributed by atoms with E-state index in [1.165, 1.54) is 0 Å². The molecular formula is C14H21NO3. The number of amides is 1. The van der Waals surface area contributed by atoms with Crippen LogP contribution in [0.4, 0.5) is 0 Å². The highest BCUT2D eigenvalue weighted by Gasteiger charge is 2.42. The molecule has 0 saturated heterocycles. The van der Waals surface area contributed by atoms with Crippen molar-refractivity contribution in [3.8, 4) is 0 Å². The third kappa shape index (κ3) is 2.42. The first-order valence-electron chi connectivity index (χ1n) is 6.73. The lowest BCUT2D eigenvalue weighted by atomic mass is 9.91. The standard InChI is InChI=1S/C14H21NO3/c1-3-9(2)15(8-13(16)17)14(18)12-7-10-4-5-11(12)6-10/h4-5,9-12H,3,6-8H2,1-2H3,(H,16,17). The van der Waals surface area contributed by atoms with E-state index in [0.717, 1.165) is 19.3 Å². The molecule has 4 atom stereocenters. The number of carbonyl (C=O) groups excluding carboxylic acids is 1. The van der Waals surface area contributed by atoms with Crippen molar-refractivity contribution in [2.45, 2.75) is 39.2 Å². The highest BCUT2D eigenvalue weighted by molar-refractivity contribution is 5.84. The number of rotatable bonds is 5. The first-order chi connectivity index (χ1) is 8.52. The smallest absolute Gasteiger partial charge is 0.323 e. The van der Waals surface area contributed by atoms with Gasteiger partial charge in [0.05, 0.1) is 0 Å². The number of aliphatic carboxylic acids is 1. The van der Waals surface area contributed by atoms with Gasteiger partial charge in [-0.2, -0.15) is 0 Å². The Morgan fingerprint density at radius 1 is 1.39 bits per heavy atom. The summed E-state index contributed by atoms with van der Waals surface area (Å²) in [5.74, 6) is -0.0188. The summed E-state index contributed by atoms with van der Waals surface area (Å²) >= 11 is 0. The van der Waals surface area contributed by atoms with Crippen molar-refractivity contribution in [3.63, 3.8) is 0 Å². The van der Waals surface area contributed by atoms with Gasteiger partial charge < -0.3 is 10.0 Å². The lowest BCUT2D eigenvalue weighted by molar-refractivity contribution is -0.148. The van der Waals surface area contributed by atoms with Gasteiger partial charge in [0.1, 0.15) is 6.54 Å². The Morgan fingerprint density at radius 3 is 2.56 bits per heavy atom. The van der Waals surface area contributed by atoms with Crippen molar-refractivity contribution in [2.75, 3.05) is 6.54 Å². The summed E-state index contributed by atoms with van der Waals surface area (Å²) in [6.07, 6.45) is 7.07. The molecule has 0 aromatic heterocycles. The Bertz CT molecular complexity index is 377. The Hall–Kier alpha value is -1.32. The summed E-state index contributed by atoms with van der Waals surface area (Å²) in [6.45, 7) is 3.73. The molecular weight excluding hydrogens is 230 g/mol. The molecule has 2 aliphatic rings. The molecule has 0 aliphatic heterocycles. The van der Waals surface area contributed by atoms with E-state index in [2.05, 4.69) is 12.2 Å². The highest BCUT2D eigenvalue weighted by atomic mass is 16.4. The van der Waals surface area contributed by atoms with E-state index < -0.39 is 5.97 Å². The second kappa shape index (κ2) is 5.12. The van der Waals surface area contributed by atoms with Crippen molar-refractivity contribution in [1.29, 1.82) is 0 Å². The number of hydrogen-bond donors (Lipinski definition) is 1. The van der Waals surface area contributed by atoms with Crippen LogP contribution in [0.2, 0.25) is 0 Å². The molecule has 1 amide bonds. The number of carboxylic acid groups (broad SMARTS) is 1. The molecule has 4 nitrogen and oxygen atoms in total. The average molecular weight is 251 g/mol. The third-order valence-electron chi connectivity index (χ3n) is 4.31. The largest absolute Gasteiger partial charge is 0.480 e. The Labute approximate surface area is 108 Å². The van der Waals surface area contributed by atoms with Crippen LogP contribution >= 0.6 is 0 Å². The van der Waals surface area contributed by atoms with Crippen molar-refractivity contribution in [1.82, 2.24) is 4.90 Å². The third-order valence-corrected chi connectivity index (χ3v) is 4.31. The van der Waals surface area contributed by atoms with Crippen LogP contribution in [-0.2, 0) is 9.59 Å². The van der Waals surface area contributed by atoms with E-state index in [-0.39, 0.29) is 24.4 Å². The van der Waals surface area contributed by atoms with Crippen LogP contribution in [0.5, 0.6) is 0 Å². The van der Waals surface area contributed by atoms with E-state index in [9.17, 15) is 9.59 Å². The highest BCUT2D eigenvalue weighted by Crippen LogP contribution is 2.44. The minimum absolute atomic E-state index is 0.00305. The first kappa shape index (κ1) is 13.1. The van der Waals surface area contributed by atoms with Crippen molar-refractivity contribution < 1.29 is 14.7 Å². The van der Waals surface area contributed by atoms with Crippen molar-refractivity contribution in [2.24, 2.45) is 17.8 Å². The van der Waals surface area contributed by atoms with Gasteiger partial charge in [0.2, 0.25) is 5.91 Å². The molecule has 0 aromatic carbocycles. The summed E-state index contributed by atoms with van der Waals surface area (Å²) in [6, 6.07) is -0.00305. The topological polar surface area (TPSA) is 57.6 Å². The fourth-order valence-electron chi connectivity index (χ4n) is 3.09. The van der Waals surface area contributed by atoms with E-state index in [1.807, 2.05) is 13.8 Å². The van der Waals surface area contributed by atoms with Crippen LogP contribution in [0, 0.1) is 17.8 Å². The summed E-state index contributed by atoms with van der Waals surface area (Å²) in [5.41, 5.74) is 0. The molecule has 4 heteroatoms. The quantitative estimate of drug-likeness (QED) is 0.759. The summed E-state index contributed by atoms with van der Waals surface area (Å²) in [5, 5.41) is 8.94. The normalized spacial score (nSPS) is 30.4. The molecule has 1 N–H and O–H groups in total. The zero-order chi connectivity index (χ0) is 13.3. The van der Waals surface area contributed by atoms with Crippen molar-refractivity contribution in [3.05, 3.63) is 12.2 Å². The van der Waals surface area contributed by atoms with Gasteiger partial charge in [-0.1, -0.05) is 19.1 Å². The maximum atomic E-state index is 12.5. The fraction of sp³-hybridized carbons (Fsp3) is 0.714. The molecule has 1 saturated carbocycles. The molecule has 2 bridgehead atoms. The summed E-state index contributed by atoms with van der Waals surface area (Å²) in [7, 11) is 0. The van der Waals surface area contributed by atoms with Gasteiger partial charge in [0.25, 0.3) is 0 Å². The molecule has 0 aromatic rings. The van der Waals surface area contributed by atoms with E-state index in [1.54, 1.807) is 4.90 Å². The molecule has 0 heterocycles. The number of nitrogens with zero attached hydrogens (tertiary/aromatic N) is 1. The zero-order valence-electron chi connectivity index (χ0n) is 11.0. The van der Waals surface area contributed by atoms with Crippen LogP contribution in [0.15, 0.2) is 12.2 Å². The van der Waals surface area contributed by atoms with Gasteiger partial charge >= 0.3 is 5.97 Å². The second-order valence-electron chi connectivity index (χ2n) is 5.50. The van der Waals surface area contributed by atoms with Crippen LogP contribution in [0.1, 0.15) is 33.1 Å². The van der Waals surface area contributed by atoms with Gasteiger partial charge in [-0.3, -0.25) is 9.59 Å². The average Bonchev–Trinajstić information content (AvgIpc) is 2.96. The maximum absolute atomic E-state index is 12.5. The Kier molecular flexibility index (Phi) is 3.73. The van der Waals surface area contributed by atoms with Gasteiger partial charge in [0.15, 0.2) is 0 Å². The predicted molar refractivity (Wildman–Crippen MR) is 67.9 cm³/mol. The lowest BCUT2D eigenvalue weighted by Crippen LogP contribution is -2.45. The van der Waals surface area contributed by atoms with Gasteiger partial charge in [-0.25, -0.2) is 0 Å². The van der Waals surface area contributed by atoms with E-state index >= 15 is 0 Å². The predicted octanol–water partition coefficient (Wildman–Crippen LogP) is 1.91. The minimum atomic E-state index is -0.928. The van der Waals surface area contributed by atoms with E-state index in [0.29, 0.717) is 11.8 Å². The van der Waals surface area contributed by atoms with Crippen molar-refractivity contribution >= 4 is 11.9 Å². The van der Waals surface area contributed by atoms with E-state index in [4.69, 9.17) is 5.11 Å². The first-order valence-corrected chi connectivity index (χ1v) is 6.73. The number of carboxylic acids is 1. The molecule has 100 valence electrons. The minimum Gasteiger partial charge on any atom is -0.480 e. The fourth-order valence-corrected chi connectivity index (χ4v) is 3.09. The number of allylic oxidation sites excluding steroid dienone is 2. The lowest BCUT2D eigenvalue weighted by Gasteiger charge is -2.31. The molecule has 0 spiro atoms. The molecule has 4 unspecified atom stereocenters. The molecule has 2 rings (SSSR count). The maximum Gasteiger partial charge on any atom is 0.323 e. The van der Waals surface area contributed by atoms with Gasteiger partial charge in [-0.15, -0.1) is 0 Å². The Balaban J connectivity index is 2.08. The van der Waals surface area contributed by atoms with Crippen LogP contribution < -0.4 is 0 Å². The number of carbonyl (C=O) groups is 2. The van der Waals surface area contributed by atoms with Gasteiger partial charge in [0, 0.05) is 12.0 Å². The van der Waals surface area contributed by atoms with Crippen LogP contribution in [0.25, 0.3) is 0 Å². The summed E-state index contributed by atoms with van der Waals surface area (Å²) < 4.78 is 0. The zero-order valence-corrected chi connectivity index (χ0v) is 11.0. The molecule has 1 fully saturated rings. The second-order valence-corrected chi connectivity index (χ2v) is 5.50.